The monoisotopic (exact) mass is 275 g/mol. The Kier molecular flexibility index (Phi) is 2.11. The van der Waals surface area contributed by atoms with Crippen molar-refractivity contribution in [3.8, 4) is 0 Å². The van der Waals surface area contributed by atoms with Gasteiger partial charge in [0.1, 0.15) is 6.26 Å². The Morgan fingerprint density at radius 2 is 2.42 bits per heavy atom. The van der Waals surface area contributed by atoms with Crippen LogP contribution in [0, 0.1) is 3.57 Å². The van der Waals surface area contributed by atoms with Gasteiger partial charge in [-0.2, -0.15) is 5.10 Å². The Morgan fingerprint density at radius 1 is 1.50 bits per heavy atom. The predicted molar refractivity (Wildman–Crippen MR) is 50.5 cm³/mol. The number of nitrogens with zero attached hydrogens (tertiary/aromatic N) is 3. The Bertz CT molecular complexity index is 354. The molecule has 0 amide bonds. The van der Waals surface area contributed by atoms with Crippen LogP contribution in [0.1, 0.15) is 5.56 Å². The van der Waals surface area contributed by atoms with Crippen molar-refractivity contribution in [1.82, 2.24) is 14.9 Å². The van der Waals surface area contributed by atoms with Gasteiger partial charge in [-0.1, -0.05) is 5.16 Å². The van der Waals surface area contributed by atoms with E-state index in [1.54, 1.807) is 12.5 Å². The second-order valence-electron chi connectivity index (χ2n) is 2.39. The molecule has 2 heterocycles. The second-order valence-corrected chi connectivity index (χ2v) is 3.63. The van der Waals surface area contributed by atoms with Gasteiger partial charge in [0.05, 0.1) is 22.5 Å². The maximum absolute atomic E-state index is 4.70. The lowest BCUT2D eigenvalue weighted by Gasteiger charge is -1.94. The molecule has 0 bridgehead atoms. The highest BCUT2D eigenvalue weighted by molar-refractivity contribution is 14.1. The first-order valence-corrected chi connectivity index (χ1v) is 4.49. The van der Waals surface area contributed by atoms with Crippen molar-refractivity contribution in [3.05, 3.63) is 34.0 Å². The lowest BCUT2D eigenvalue weighted by molar-refractivity contribution is 0.418. The van der Waals surface area contributed by atoms with E-state index in [1.165, 1.54) is 0 Å². The molecule has 0 aromatic carbocycles. The molecule has 2 aromatic heterocycles. The predicted octanol–water partition coefficient (Wildman–Crippen LogP) is 1.52. The Labute approximate surface area is 82.7 Å². The molecule has 0 unspecified atom stereocenters. The van der Waals surface area contributed by atoms with Gasteiger partial charge in [0.2, 0.25) is 0 Å². The number of hydrogen-bond donors (Lipinski definition) is 0. The number of hydrogen-bond acceptors (Lipinski definition) is 3. The zero-order valence-electron chi connectivity index (χ0n) is 6.14. The average Bonchev–Trinajstić information content (AvgIpc) is 2.63. The van der Waals surface area contributed by atoms with Gasteiger partial charge < -0.3 is 4.52 Å². The summed E-state index contributed by atoms with van der Waals surface area (Å²) in [5, 5.41) is 7.74. The molecule has 4 nitrogen and oxygen atoms in total. The third-order valence-electron chi connectivity index (χ3n) is 1.43. The molecule has 62 valence electrons. The zero-order chi connectivity index (χ0) is 8.39. The first-order chi connectivity index (χ1) is 5.84. The highest BCUT2D eigenvalue weighted by atomic mass is 127. The van der Waals surface area contributed by atoms with Crippen LogP contribution in [-0.2, 0) is 6.54 Å². The topological polar surface area (TPSA) is 43.9 Å². The minimum absolute atomic E-state index is 0.715. The van der Waals surface area contributed by atoms with E-state index in [9.17, 15) is 0 Å². The van der Waals surface area contributed by atoms with Crippen molar-refractivity contribution in [2.45, 2.75) is 6.54 Å². The summed E-state index contributed by atoms with van der Waals surface area (Å²) < 4.78 is 7.67. The smallest absolute Gasteiger partial charge is 0.128 e. The highest BCUT2D eigenvalue weighted by Crippen LogP contribution is 2.04. The van der Waals surface area contributed by atoms with E-state index >= 15 is 0 Å². The minimum atomic E-state index is 0.715. The molecule has 0 aliphatic carbocycles. The van der Waals surface area contributed by atoms with E-state index in [1.807, 2.05) is 17.1 Å². The van der Waals surface area contributed by atoms with Crippen molar-refractivity contribution in [1.29, 1.82) is 0 Å². The molecule has 0 saturated carbocycles. The fourth-order valence-corrected chi connectivity index (χ4v) is 1.36. The van der Waals surface area contributed by atoms with Gasteiger partial charge in [-0.3, -0.25) is 4.68 Å². The summed E-state index contributed by atoms with van der Waals surface area (Å²) in [6.45, 7) is 0.715. The molecule has 0 aliphatic heterocycles. The van der Waals surface area contributed by atoms with Crippen LogP contribution in [0.3, 0.4) is 0 Å². The molecule has 0 atom stereocenters. The highest BCUT2D eigenvalue weighted by Gasteiger charge is 1.98. The van der Waals surface area contributed by atoms with Crippen molar-refractivity contribution in [3.63, 3.8) is 0 Å². The fourth-order valence-electron chi connectivity index (χ4n) is 0.917. The largest absolute Gasteiger partial charge is 0.364 e. The quantitative estimate of drug-likeness (QED) is 0.780. The van der Waals surface area contributed by atoms with Crippen molar-refractivity contribution in [2.75, 3.05) is 0 Å². The summed E-state index contributed by atoms with van der Waals surface area (Å²) >= 11 is 2.22. The molecule has 0 N–H and O–H groups in total. The molecule has 0 spiro atoms. The van der Waals surface area contributed by atoms with Gasteiger partial charge in [-0.15, -0.1) is 0 Å². The van der Waals surface area contributed by atoms with E-state index in [4.69, 9.17) is 4.52 Å². The molecule has 12 heavy (non-hydrogen) atoms. The van der Waals surface area contributed by atoms with Crippen LogP contribution >= 0.6 is 22.6 Å². The Balaban J connectivity index is 2.14. The molecule has 0 fully saturated rings. The van der Waals surface area contributed by atoms with Crippen molar-refractivity contribution in [2.24, 2.45) is 0 Å². The number of aromatic nitrogens is 3. The lowest BCUT2D eigenvalue weighted by Crippen LogP contribution is -1.97. The molecule has 0 saturated heterocycles. The molecule has 2 aromatic rings. The molecular formula is C7H6IN3O. The SMILES string of the molecule is Ic1cnn(Cc2cnoc2)c1. The average molecular weight is 275 g/mol. The fraction of sp³-hybridized carbons (Fsp3) is 0.143. The molecule has 0 aliphatic rings. The van der Waals surface area contributed by atoms with Crippen LogP contribution in [0.15, 0.2) is 29.4 Å². The second kappa shape index (κ2) is 3.26. The van der Waals surface area contributed by atoms with Crippen LogP contribution in [0.5, 0.6) is 0 Å². The van der Waals surface area contributed by atoms with E-state index in [0.717, 1.165) is 9.13 Å². The van der Waals surface area contributed by atoms with Crippen LogP contribution < -0.4 is 0 Å². The molecular weight excluding hydrogens is 269 g/mol. The molecule has 2 rings (SSSR count). The van der Waals surface area contributed by atoms with E-state index in [-0.39, 0.29) is 0 Å². The standard InChI is InChI=1S/C7H6IN3O/c8-7-2-9-11(4-7)3-6-1-10-12-5-6/h1-2,4-5H,3H2. The van der Waals surface area contributed by atoms with Crippen LogP contribution in [-0.4, -0.2) is 14.9 Å². The van der Waals surface area contributed by atoms with Crippen LogP contribution in [0.2, 0.25) is 0 Å². The first kappa shape index (κ1) is 7.78. The number of rotatable bonds is 2. The first-order valence-electron chi connectivity index (χ1n) is 3.41. The third-order valence-corrected chi connectivity index (χ3v) is 1.99. The van der Waals surface area contributed by atoms with Gasteiger partial charge in [-0.25, -0.2) is 0 Å². The van der Waals surface area contributed by atoms with Crippen LogP contribution in [0.25, 0.3) is 0 Å². The van der Waals surface area contributed by atoms with E-state index in [0.29, 0.717) is 6.54 Å². The van der Waals surface area contributed by atoms with Gasteiger partial charge in [0.25, 0.3) is 0 Å². The summed E-state index contributed by atoms with van der Waals surface area (Å²) in [5.74, 6) is 0. The van der Waals surface area contributed by atoms with Crippen molar-refractivity contribution >= 4 is 22.6 Å². The van der Waals surface area contributed by atoms with Crippen molar-refractivity contribution < 1.29 is 4.52 Å². The maximum atomic E-state index is 4.70. The molecule has 5 heteroatoms. The summed E-state index contributed by atoms with van der Waals surface area (Å²) in [7, 11) is 0. The third kappa shape index (κ3) is 1.66. The Morgan fingerprint density at radius 3 is 3.00 bits per heavy atom. The lowest BCUT2D eigenvalue weighted by atomic mass is 10.4. The normalized spacial score (nSPS) is 10.4. The summed E-state index contributed by atoms with van der Waals surface area (Å²) in [6.07, 6.45) is 7.09. The van der Waals surface area contributed by atoms with Gasteiger partial charge in [0, 0.05) is 11.8 Å². The van der Waals surface area contributed by atoms with Gasteiger partial charge in [-0.05, 0) is 22.6 Å². The van der Waals surface area contributed by atoms with Gasteiger partial charge in [0.15, 0.2) is 0 Å². The van der Waals surface area contributed by atoms with Gasteiger partial charge >= 0.3 is 0 Å². The van der Waals surface area contributed by atoms with E-state index < -0.39 is 0 Å². The van der Waals surface area contributed by atoms with E-state index in [2.05, 4.69) is 32.8 Å². The van der Waals surface area contributed by atoms with Crippen LogP contribution in [0.4, 0.5) is 0 Å². The summed E-state index contributed by atoms with van der Waals surface area (Å²) in [5.41, 5.74) is 1.02. The zero-order valence-corrected chi connectivity index (χ0v) is 8.30. The summed E-state index contributed by atoms with van der Waals surface area (Å²) in [6, 6.07) is 0. The minimum Gasteiger partial charge on any atom is -0.364 e. The molecule has 0 radical (unpaired) electrons. The summed E-state index contributed by atoms with van der Waals surface area (Å²) in [4.78, 5) is 0. The Hall–Kier alpha value is -0.850. The maximum Gasteiger partial charge on any atom is 0.128 e. The number of halogens is 1.